The van der Waals surface area contributed by atoms with Crippen LogP contribution in [0.3, 0.4) is 0 Å². The summed E-state index contributed by atoms with van der Waals surface area (Å²) in [4.78, 5) is 11.8. The lowest BCUT2D eigenvalue weighted by Crippen LogP contribution is -2.35. The Bertz CT molecular complexity index is 976. The summed E-state index contributed by atoms with van der Waals surface area (Å²) in [5.74, 6) is 1.16. The average Bonchev–Trinajstić information content (AvgIpc) is 3.10. The molecule has 0 spiro atoms. The second-order valence-electron chi connectivity index (χ2n) is 8.03. The molecule has 0 atom stereocenters. The van der Waals surface area contributed by atoms with Crippen molar-refractivity contribution in [3.8, 4) is 0 Å². The maximum Gasteiger partial charge on any atom is 0.393 e. The molecule has 2 aromatic heterocycles. The Balaban J connectivity index is 1.31. The van der Waals surface area contributed by atoms with Crippen molar-refractivity contribution in [3.63, 3.8) is 0 Å². The van der Waals surface area contributed by atoms with Gasteiger partial charge in [-0.2, -0.15) is 13.2 Å². The molecule has 30 heavy (non-hydrogen) atoms. The zero-order valence-corrected chi connectivity index (χ0v) is 17.7. The van der Waals surface area contributed by atoms with Gasteiger partial charge in [-0.1, -0.05) is 29.8 Å². The molecule has 1 fully saturated rings. The number of alkyl halides is 3. The van der Waals surface area contributed by atoms with Gasteiger partial charge >= 0.3 is 6.18 Å². The molecule has 1 aromatic carbocycles. The largest absolute Gasteiger partial charge is 0.393 e. The molecule has 1 N–H and O–H groups in total. The van der Waals surface area contributed by atoms with Crippen molar-refractivity contribution in [2.75, 3.05) is 25.0 Å². The lowest BCUT2D eigenvalue weighted by atomic mass is 9.96. The normalized spacial score (nSPS) is 16.3. The van der Waals surface area contributed by atoms with Gasteiger partial charge in [-0.25, -0.2) is 9.97 Å². The number of rotatable bonds is 6. The van der Waals surface area contributed by atoms with Crippen LogP contribution in [0.15, 0.2) is 36.7 Å². The van der Waals surface area contributed by atoms with Crippen LogP contribution < -0.4 is 5.32 Å². The summed E-state index contributed by atoms with van der Waals surface area (Å²) < 4.78 is 38.1. The molecule has 0 saturated carbocycles. The van der Waals surface area contributed by atoms with E-state index in [4.69, 9.17) is 0 Å². The van der Waals surface area contributed by atoms with Crippen molar-refractivity contribution in [2.24, 2.45) is 5.92 Å². The highest BCUT2D eigenvalue weighted by Gasteiger charge is 2.29. The SMILES string of the molecule is Cc1ccc(CN2CCC(CNc3ncnc4sc(CC(F)(F)F)cc34)CC2)cc1. The van der Waals surface area contributed by atoms with E-state index in [0.717, 1.165) is 50.4 Å². The first-order valence-corrected chi connectivity index (χ1v) is 11.0. The quantitative estimate of drug-likeness (QED) is 0.562. The van der Waals surface area contributed by atoms with Crippen LogP contribution in [0.25, 0.3) is 10.2 Å². The van der Waals surface area contributed by atoms with E-state index < -0.39 is 12.6 Å². The van der Waals surface area contributed by atoms with Gasteiger partial charge in [0.1, 0.15) is 17.0 Å². The van der Waals surface area contributed by atoms with Crippen molar-refractivity contribution in [1.82, 2.24) is 14.9 Å². The van der Waals surface area contributed by atoms with Crippen molar-refractivity contribution >= 4 is 27.4 Å². The van der Waals surface area contributed by atoms with Gasteiger partial charge in [0.05, 0.1) is 11.8 Å². The molecule has 0 radical (unpaired) electrons. The number of fused-ring (bicyclic) bond motifs is 1. The van der Waals surface area contributed by atoms with Crippen LogP contribution in [0.1, 0.15) is 28.8 Å². The molecule has 1 saturated heterocycles. The van der Waals surface area contributed by atoms with Crippen LogP contribution in [0.4, 0.5) is 19.0 Å². The minimum absolute atomic E-state index is 0.269. The molecule has 3 heterocycles. The fraction of sp³-hybridized carbons (Fsp3) is 0.455. The van der Waals surface area contributed by atoms with E-state index in [0.29, 0.717) is 22.0 Å². The van der Waals surface area contributed by atoms with Crippen LogP contribution in [-0.4, -0.2) is 40.7 Å². The van der Waals surface area contributed by atoms with Crippen LogP contribution >= 0.6 is 11.3 Å². The topological polar surface area (TPSA) is 41.0 Å². The number of likely N-dealkylation sites (tertiary alicyclic amines) is 1. The predicted molar refractivity (Wildman–Crippen MR) is 115 cm³/mol. The lowest BCUT2D eigenvalue weighted by molar-refractivity contribution is -0.126. The number of halogens is 3. The number of aromatic nitrogens is 2. The van der Waals surface area contributed by atoms with Crippen LogP contribution in [-0.2, 0) is 13.0 Å². The summed E-state index contributed by atoms with van der Waals surface area (Å²) in [5, 5.41) is 4.04. The molecular formula is C22H25F3N4S. The number of hydrogen-bond acceptors (Lipinski definition) is 5. The summed E-state index contributed by atoms with van der Waals surface area (Å²) >= 11 is 1.08. The molecular weight excluding hydrogens is 409 g/mol. The molecule has 0 bridgehead atoms. The van der Waals surface area contributed by atoms with Gasteiger partial charge in [0.2, 0.25) is 0 Å². The summed E-state index contributed by atoms with van der Waals surface area (Å²) in [6.07, 6.45) is -1.53. The number of benzene rings is 1. The number of hydrogen-bond donors (Lipinski definition) is 1. The van der Waals surface area contributed by atoms with E-state index in [9.17, 15) is 13.2 Å². The standard InChI is InChI=1S/C22H25F3N4S/c1-15-2-4-17(5-3-15)13-29-8-6-16(7-9-29)12-26-20-19-10-18(11-22(23,24)25)30-21(19)28-14-27-20/h2-5,10,14,16H,6-9,11-13H2,1H3,(H,26,27,28). The third-order valence-corrected chi connectivity index (χ3v) is 6.59. The molecule has 3 aromatic rings. The molecule has 1 aliphatic rings. The fourth-order valence-electron chi connectivity index (χ4n) is 3.87. The Morgan fingerprint density at radius 2 is 1.87 bits per heavy atom. The van der Waals surface area contributed by atoms with E-state index in [1.807, 2.05) is 0 Å². The number of nitrogens with zero attached hydrogens (tertiary/aromatic N) is 3. The Hall–Kier alpha value is -2.19. The molecule has 1 aliphatic heterocycles. The molecule has 0 aliphatic carbocycles. The Morgan fingerprint density at radius 1 is 1.13 bits per heavy atom. The molecule has 0 amide bonds. The van der Waals surface area contributed by atoms with E-state index in [2.05, 4.69) is 51.4 Å². The summed E-state index contributed by atoms with van der Waals surface area (Å²) in [6.45, 7) is 5.95. The smallest absolute Gasteiger partial charge is 0.369 e. The maximum atomic E-state index is 12.7. The first-order chi connectivity index (χ1) is 14.4. The molecule has 8 heteroatoms. The number of nitrogens with one attached hydrogen (secondary N) is 1. The first kappa shape index (κ1) is 21.1. The van der Waals surface area contributed by atoms with Gasteiger partial charge in [0.15, 0.2) is 0 Å². The van der Waals surface area contributed by atoms with Crippen molar-refractivity contribution in [3.05, 3.63) is 52.7 Å². The Kier molecular flexibility index (Phi) is 6.24. The van der Waals surface area contributed by atoms with Crippen LogP contribution in [0, 0.1) is 12.8 Å². The van der Waals surface area contributed by atoms with Crippen LogP contribution in [0.5, 0.6) is 0 Å². The van der Waals surface area contributed by atoms with Crippen molar-refractivity contribution in [2.45, 2.75) is 38.9 Å². The first-order valence-electron chi connectivity index (χ1n) is 10.2. The van der Waals surface area contributed by atoms with Gasteiger partial charge in [-0.05, 0) is 50.4 Å². The van der Waals surface area contributed by atoms with Gasteiger partial charge < -0.3 is 5.32 Å². The maximum absolute atomic E-state index is 12.7. The second kappa shape index (κ2) is 8.89. The molecule has 4 rings (SSSR count). The van der Waals surface area contributed by atoms with Gasteiger partial charge in [0, 0.05) is 18.0 Å². The van der Waals surface area contributed by atoms with E-state index in [-0.39, 0.29) is 4.88 Å². The molecule has 4 nitrogen and oxygen atoms in total. The van der Waals surface area contributed by atoms with Gasteiger partial charge in [0.25, 0.3) is 0 Å². The Labute approximate surface area is 178 Å². The summed E-state index contributed by atoms with van der Waals surface area (Å²) in [7, 11) is 0. The third-order valence-electron chi connectivity index (χ3n) is 5.55. The summed E-state index contributed by atoms with van der Waals surface area (Å²) in [6, 6.07) is 10.3. The van der Waals surface area contributed by atoms with Crippen molar-refractivity contribution < 1.29 is 13.2 Å². The van der Waals surface area contributed by atoms with Crippen LogP contribution in [0.2, 0.25) is 0 Å². The second-order valence-corrected chi connectivity index (χ2v) is 9.15. The monoisotopic (exact) mass is 434 g/mol. The highest BCUT2D eigenvalue weighted by molar-refractivity contribution is 7.18. The van der Waals surface area contributed by atoms with E-state index in [1.54, 1.807) is 6.07 Å². The van der Waals surface area contributed by atoms with E-state index >= 15 is 0 Å². The minimum Gasteiger partial charge on any atom is -0.369 e. The zero-order valence-electron chi connectivity index (χ0n) is 16.9. The van der Waals surface area contributed by atoms with Crippen molar-refractivity contribution in [1.29, 1.82) is 0 Å². The predicted octanol–water partition coefficient (Wildman–Crippen LogP) is 5.43. The number of thiophene rings is 1. The lowest BCUT2D eigenvalue weighted by Gasteiger charge is -2.32. The Morgan fingerprint density at radius 3 is 2.57 bits per heavy atom. The van der Waals surface area contributed by atoms with E-state index in [1.165, 1.54) is 17.5 Å². The minimum atomic E-state index is -4.21. The number of anilines is 1. The fourth-order valence-corrected chi connectivity index (χ4v) is 4.90. The van der Waals surface area contributed by atoms with Gasteiger partial charge in [-0.15, -0.1) is 11.3 Å². The zero-order chi connectivity index (χ0) is 21.1. The van der Waals surface area contributed by atoms with Gasteiger partial charge in [-0.3, -0.25) is 4.90 Å². The molecule has 0 unspecified atom stereocenters. The highest BCUT2D eigenvalue weighted by Crippen LogP contribution is 2.32. The molecule has 160 valence electrons. The third kappa shape index (κ3) is 5.49. The highest BCUT2D eigenvalue weighted by atomic mass is 32.1. The summed E-state index contributed by atoms with van der Waals surface area (Å²) in [5.41, 5.74) is 2.62. The average molecular weight is 435 g/mol. The number of aryl methyl sites for hydroxylation is 1. The number of piperidine rings is 1.